The lowest BCUT2D eigenvalue weighted by molar-refractivity contribution is -0.140. The van der Waals surface area contributed by atoms with Gasteiger partial charge in [-0.3, -0.25) is 9.59 Å². The molecule has 2 rings (SSSR count). The normalized spacial score (nSPS) is 12.7. The Balaban J connectivity index is 2.32. The molecular formula is C18H23N3O3. The Labute approximate surface area is 141 Å². The van der Waals surface area contributed by atoms with E-state index in [4.69, 9.17) is 5.11 Å². The topological polar surface area (TPSA) is 84.2 Å². The summed E-state index contributed by atoms with van der Waals surface area (Å²) in [6.45, 7) is 7.60. The molecule has 24 heavy (non-hydrogen) atoms. The van der Waals surface area contributed by atoms with Crippen LogP contribution in [0.15, 0.2) is 36.5 Å². The maximum absolute atomic E-state index is 12.5. The number of carboxylic acids is 1. The number of nitrogens with zero attached hydrogens (tertiary/aromatic N) is 2. The molecule has 0 radical (unpaired) electrons. The van der Waals surface area contributed by atoms with E-state index in [-0.39, 0.29) is 17.9 Å². The van der Waals surface area contributed by atoms with E-state index in [1.165, 1.54) is 0 Å². The van der Waals surface area contributed by atoms with Crippen molar-refractivity contribution < 1.29 is 14.7 Å². The molecule has 0 aliphatic carbocycles. The summed E-state index contributed by atoms with van der Waals surface area (Å²) in [6, 6.07) is 9.55. The van der Waals surface area contributed by atoms with Crippen molar-refractivity contribution in [3.05, 3.63) is 47.8 Å². The van der Waals surface area contributed by atoms with Crippen LogP contribution in [0.25, 0.3) is 5.69 Å². The van der Waals surface area contributed by atoms with E-state index in [1.807, 2.05) is 51.1 Å². The van der Waals surface area contributed by atoms with Gasteiger partial charge in [0.05, 0.1) is 22.9 Å². The molecule has 0 spiro atoms. The Kier molecular flexibility index (Phi) is 5.07. The lowest BCUT2D eigenvalue weighted by Gasteiger charge is -2.17. The van der Waals surface area contributed by atoms with Crippen molar-refractivity contribution in [2.24, 2.45) is 5.92 Å². The third kappa shape index (κ3) is 4.01. The van der Waals surface area contributed by atoms with Gasteiger partial charge in [0.1, 0.15) is 0 Å². The van der Waals surface area contributed by atoms with Crippen LogP contribution in [0.1, 0.15) is 43.7 Å². The molecule has 0 fully saturated rings. The number of carbonyl (C=O) groups excluding carboxylic acids is 1. The van der Waals surface area contributed by atoms with Gasteiger partial charge in [0.15, 0.2) is 0 Å². The molecule has 0 saturated heterocycles. The SMILES string of the molecule is CC(CNC(=O)c1cn(-c2ccccc2)nc1C(C)(C)C)C(=O)O. The van der Waals surface area contributed by atoms with Crippen LogP contribution in [0.2, 0.25) is 0 Å². The molecule has 1 amide bonds. The molecule has 2 N–H and O–H groups in total. The number of hydrogen-bond acceptors (Lipinski definition) is 3. The van der Waals surface area contributed by atoms with Crippen LogP contribution in [-0.2, 0) is 10.2 Å². The standard InChI is InChI=1S/C18H23N3O3/c1-12(17(23)24)10-19-16(22)14-11-21(13-8-6-5-7-9-13)20-15(14)18(2,3)4/h5-9,11-12H,10H2,1-4H3,(H,19,22)(H,23,24). The van der Waals surface area contributed by atoms with Crippen molar-refractivity contribution in [2.45, 2.75) is 33.1 Å². The van der Waals surface area contributed by atoms with Gasteiger partial charge in [-0.1, -0.05) is 45.9 Å². The number of hydrogen-bond donors (Lipinski definition) is 2. The van der Waals surface area contributed by atoms with Crippen molar-refractivity contribution in [3.8, 4) is 5.69 Å². The predicted octanol–water partition coefficient (Wildman–Crippen LogP) is 2.62. The molecule has 1 heterocycles. The lowest BCUT2D eigenvalue weighted by Crippen LogP contribution is -2.32. The maximum atomic E-state index is 12.5. The van der Waals surface area contributed by atoms with Gasteiger partial charge in [-0.15, -0.1) is 0 Å². The average molecular weight is 329 g/mol. The highest BCUT2D eigenvalue weighted by Crippen LogP contribution is 2.25. The van der Waals surface area contributed by atoms with Gasteiger partial charge < -0.3 is 10.4 Å². The first kappa shape index (κ1) is 17.7. The minimum absolute atomic E-state index is 0.0776. The number of aliphatic carboxylic acids is 1. The largest absolute Gasteiger partial charge is 0.481 e. The highest BCUT2D eigenvalue weighted by atomic mass is 16.4. The van der Waals surface area contributed by atoms with E-state index in [0.29, 0.717) is 11.3 Å². The number of para-hydroxylation sites is 1. The zero-order chi connectivity index (χ0) is 17.9. The smallest absolute Gasteiger partial charge is 0.308 e. The van der Waals surface area contributed by atoms with Crippen LogP contribution in [0, 0.1) is 5.92 Å². The van der Waals surface area contributed by atoms with Crippen molar-refractivity contribution in [3.63, 3.8) is 0 Å². The first-order valence-electron chi connectivity index (χ1n) is 7.86. The number of amides is 1. The number of carbonyl (C=O) groups is 2. The summed E-state index contributed by atoms with van der Waals surface area (Å²) in [7, 11) is 0. The molecular weight excluding hydrogens is 306 g/mol. The van der Waals surface area contributed by atoms with Crippen LogP contribution in [0.4, 0.5) is 0 Å². The zero-order valence-corrected chi connectivity index (χ0v) is 14.4. The Bertz CT molecular complexity index is 730. The summed E-state index contributed by atoms with van der Waals surface area (Å²) in [5.74, 6) is -1.89. The molecule has 2 aromatic rings. The molecule has 1 atom stereocenters. The van der Waals surface area contributed by atoms with Gasteiger partial charge in [-0.2, -0.15) is 5.10 Å². The van der Waals surface area contributed by atoms with Gasteiger partial charge in [0, 0.05) is 18.2 Å². The Morgan fingerprint density at radius 2 is 1.88 bits per heavy atom. The highest BCUT2D eigenvalue weighted by molar-refractivity contribution is 5.95. The number of rotatable bonds is 5. The quantitative estimate of drug-likeness (QED) is 0.883. The zero-order valence-electron chi connectivity index (χ0n) is 14.4. The van der Waals surface area contributed by atoms with E-state index in [9.17, 15) is 9.59 Å². The number of aromatic nitrogens is 2. The summed E-state index contributed by atoms with van der Waals surface area (Å²) in [5, 5.41) is 16.2. The van der Waals surface area contributed by atoms with Crippen LogP contribution >= 0.6 is 0 Å². The lowest BCUT2D eigenvalue weighted by atomic mass is 9.89. The number of carboxylic acid groups (broad SMARTS) is 1. The summed E-state index contributed by atoms with van der Waals surface area (Å²) in [5.41, 5.74) is 1.68. The predicted molar refractivity (Wildman–Crippen MR) is 91.4 cm³/mol. The van der Waals surface area contributed by atoms with Crippen molar-refractivity contribution >= 4 is 11.9 Å². The van der Waals surface area contributed by atoms with Crippen LogP contribution in [0.3, 0.4) is 0 Å². The van der Waals surface area contributed by atoms with Crippen molar-refractivity contribution in [2.75, 3.05) is 6.54 Å². The van der Waals surface area contributed by atoms with Crippen molar-refractivity contribution in [1.29, 1.82) is 0 Å². The molecule has 0 aliphatic rings. The van der Waals surface area contributed by atoms with Crippen LogP contribution < -0.4 is 5.32 Å². The van der Waals surface area contributed by atoms with E-state index in [2.05, 4.69) is 10.4 Å². The Hall–Kier alpha value is -2.63. The monoisotopic (exact) mass is 329 g/mol. The number of benzene rings is 1. The van der Waals surface area contributed by atoms with Crippen LogP contribution in [-0.4, -0.2) is 33.3 Å². The second-order valence-corrected chi connectivity index (χ2v) is 6.87. The maximum Gasteiger partial charge on any atom is 0.308 e. The molecule has 0 aliphatic heterocycles. The minimum Gasteiger partial charge on any atom is -0.481 e. The summed E-state index contributed by atoms with van der Waals surface area (Å²) >= 11 is 0. The molecule has 1 aromatic heterocycles. The molecule has 1 aromatic carbocycles. The van der Waals surface area contributed by atoms with Crippen LogP contribution in [0.5, 0.6) is 0 Å². The van der Waals surface area contributed by atoms with Gasteiger partial charge in [0.25, 0.3) is 5.91 Å². The molecule has 128 valence electrons. The molecule has 1 unspecified atom stereocenters. The van der Waals surface area contributed by atoms with E-state index in [0.717, 1.165) is 5.69 Å². The van der Waals surface area contributed by atoms with Gasteiger partial charge in [-0.25, -0.2) is 4.68 Å². The third-order valence-corrected chi connectivity index (χ3v) is 3.68. The van der Waals surface area contributed by atoms with Gasteiger partial charge >= 0.3 is 5.97 Å². The third-order valence-electron chi connectivity index (χ3n) is 3.68. The Morgan fingerprint density at radius 1 is 1.25 bits per heavy atom. The summed E-state index contributed by atoms with van der Waals surface area (Å²) < 4.78 is 1.68. The van der Waals surface area contributed by atoms with E-state index in [1.54, 1.807) is 17.8 Å². The first-order valence-corrected chi connectivity index (χ1v) is 7.86. The summed E-state index contributed by atoms with van der Waals surface area (Å²) in [6.07, 6.45) is 1.69. The van der Waals surface area contributed by atoms with Gasteiger partial charge in [0.2, 0.25) is 0 Å². The van der Waals surface area contributed by atoms with E-state index >= 15 is 0 Å². The second kappa shape index (κ2) is 6.86. The Morgan fingerprint density at radius 3 is 2.42 bits per heavy atom. The molecule has 0 saturated carbocycles. The highest BCUT2D eigenvalue weighted by Gasteiger charge is 2.27. The van der Waals surface area contributed by atoms with Crippen molar-refractivity contribution in [1.82, 2.24) is 15.1 Å². The summed E-state index contributed by atoms with van der Waals surface area (Å²) in [4.78, 5) is 23.4. The molecule has 6 heteroatoms. The second-order valence-electron chi connectivity index (χ2n) is 6.87. The number of nitrogens with one attached hydrogen (secondary N) is 1. The average Bonchev–Trinajstić information content (AvgIpc) is 2.98. The fourth-order valence-corrected chi connectivity index (χ4v) is 2.24. The molecule has 0 bridgehead atoms. The fourth-order valence-electron chi connectivity index (χ4n) is 2.24. The fraction of sp³-hybridized carbons (Fsp3) is 0.389. The molecule has 6 nitrogen and oxygen atoms in total. The first-order chi connectivity index (χ1) is 11.2. The minimum atomic E-state index is -0.939. The van der Waals surface area contributed by atoms with E-state index < -0.39 is 11.9 Å². The van der Waals surface area contributed by atoms with Gasteiger partial charge in [-0.05, 0) is 12.1 Å².